The minimum Gasteiger partial charge on any atom is -0.497 e. The smallest absolute Gasteiger partial charge is 0.416 e. The van der Waals surface area contributed by atoms with E-state index in [4.69, 9.17) is 27.9 Å². The minimum absolute atomic E-state index is 0.0106. The van der Waals surface area contributed by atoms with E-state index in [0.717, 1.165) is 6.07 Å². The lowest BCUT2D eigenvalue weighted by atomic mass is 9.92. The summed E-state index contributed by atoms with van der Waals surface area (Å²) in [6.07, 6.45) is -4.92. The molecule has 1 amide bonds. The standard InChI is InChI=1S/C34H20Cl2F5N3O3/c1-47-22-5-2-17(3-6-22)15-44-28(16-45)30-23-7-9-29(36)42-26(23)14-27(31(30)32(44)24-13-20(37)4-8-25(24)35)43-33(46)18-10-19(34(39,40)41)12-21(38)11-18/h2-14,32H,15H2,1H3,(H,43,46). The number of amides is 1. The lowest BCUT2D eigenvalue weighted by Crippen LogP contribution is -2.24. The zero-order valence-corrected chi connectivity index (χ0v) is 25.6. The SMILES string of the molecule is COc1ccc(CN2C(=C=O)c3c(c(NC(=O)c4cc(F)cc(C(F)(F)F)c4)cc4nc(Cl)ccc34)C2c2cc(F)ccc2Cl)cc1. The fourth-order valence-corrected chi connectivity index (χ4v) is 6.05. The summed E-state index contributed by atoms with van der Waals surface area (Å²) in [5, 5.41) is 3.19. The van der Waals surface area contributed by atoms with Gasteiger partial charge in [-0.15, -0.1) is 0 Å². The highest BCUT2D eigenvalue weighted by Crippen LogP contribution is 2.52. The zero-order chi connectivity index (χ0) is 33.6. The van der Waals surface area contributed by atoms with Crippen molar-refractivity contribution in [2.45, 2.75) is 18.8 Å². The van der Waals surface area contributed by atoms with Crippen molar-refractivity contribution in [3.8, 4) is 5.75 Å². The number of hydrogen-bond acceptors (Lipinski definition) is 5. The molecule has 1 unspecified atom stereocenters. The third kappa shape index (κ3) is 6.13. The molecule has 2 heterocycles. The Hall–Kier alpha value is -4.96. The van der Waals surface area contributed by atoms with E-state index < -0.39 is 40.9 Å². The summed E-state index contributed by atoms with van der Waals surface area (Å²) in [6, 6.07) is 15.6. The van der Waals surface area contributed by atoms with Crippen molar-refractivity contribution in [3.05, 3.63) is 134 Å². The number of carbonyl (C=O) groups excluding carboxylic acids is 2. The van der Waals surface area contributed by atoms with E-state index in [1.807, 2.05) is 5.94 Å². The number of benzene rings is 4. The molecule has 1 aromatic heterocycles. The first-order valence-electron chi connectivity index (χ1n) is 13.8. The van der Waals surface area contributed by atoms with Crippen LogP contribution in [0.3, 0.4) is 0 Å². The van der Waals surface area contributed by atoms with Crippen molar-refractivity contribution in [3.63, 3.8) is 0 Å². The van der Waals surface area contributed by atoms with Crippen molar-refractivity contribution in [1.82, 2.24) is 9.88 Å². The number of rotatable bonds is 6. The number of nitrogens with zero attached hydrogens (tertiary/aromatic N) is 2. The molecule has 5 aromatic rings. The van der Waals surface area contributed by atoms with E-state index in [2.05, 4.69) is 10.3 Å². The first kappa shape index (κ1) is 32.0. The number of hydrogen-bond donors (Lipinski definition) is 1. The van der Waals surface area contributed by atoms with Crippen LogP contribution in [0.15, 0.2) is 78.9 Å². The molecule has 0 bridgehead atoms. The van der Waals surface area contributed by atoms with E-state index in [9.17, 15) is 31.5 Å². The first-order chi connectivity index (χ1) is 22.4. The Morgan fingerprint density at radius 2 is 1.72 bits per heavy atom. The largest absolute Gasteiger partial charge is 0.497 e. The third-order valence-corrected chi connectivity index (χ3v) is 8.26. The number of fused-ring (bicyclic) bond motifs is 3. The van der Waals surface area contributed by atoms with Gasteiger partial charge in [-0.2, -0.15) is 13.2 Å². The van der Waals surface area contributed by atoms with Gasteiger partial charge in [0.1, 0.15) is 28.2 Å². The predicted octanol–water partition coefficient (Wildman–Crippen LogP) is 8.88. The summed E-state index contributed by atoms with van der Waals surface area (Å²) in [5.41, 5.74) is -0.339. The zero-order valence-electron chi connectivity index (χ0n) is 24.1. The summed E-state index contributed by atoms with van der Waals surface area (Å²) < 4.78 is 74.7. The molecule has 0 fully saturated rings. The first-order valence-corrected chi connectivity index (χ1v) is 14.6. The molecule has 6 rings (SSSR count). The predicted molar refractivity (Wildman–Crippen MR) is 167 cm³/mol. The topological polar surface area (TPSA) is 71.5 Å². The Morgan fingerprint density at radius 3 is 2.40 bits per heavy atom. The summed E-state index contributed by atoms with van der Waals surface area (Å²) in [7, 11) is 1.51. The van der Waals surface area contributed by atoms with Crippen molar-refractivity contribution in [1.29, 1.82) is 0 Å². The highest BCUT2D eigenvalue weighted by Gasteiger charge is 2.41. The molecule has 0 radical (unpaired) electrons. The maximum Gasteiger partial charge on any atom is 0.416 e. The number of nitrogens with one attached hydrogen (secondary N) is 1. The second-order valence-corrected chi connectivity index (χ2v) is 11.4. The van der Waals surface area contributed by atoms with Crippen LogP contribution in [0, 0.1) is 11.6 Å². The molecule has 13 heteroatoms. The number of alkyl halides is 3. The van der Waals surface area contributed by atoms with Crippen LogP contribution in [-0.2, 0) is 17.5 Å². The van der Waals surface area contributed by atoms with Gasteiger partial charge >= 0.3 is 6.18 Å². The molecule has 1 N–H and O–H groups in total. The monoisotopic (exact) mass is 683 g/mol. The Morgan fingerprint density at radius 1 is 0.979 bits per heavy atom. The molecule has 238 valence electrons. The van der Waals surface area contributed by atoms with E-state index in [1.165, 1.54) is 31.4 Å². The second kappa shape index (κ2) is 12.3. The molecule has 6 nitrogen and oxygen atoms in total. The second-order valence-electron chi connectivity index (χ2n) is 10.6. The van der Waals surface area contributed by atoms with E-state index in [1.54, 1.807) is 35.2 Å². The van der Waals surface area contributed by atoms with Gasteiger partial charge in [-0.1, -0.05) is 35.3 Å². The summed E-state index contributed by atoms with van der Waals surface area (Å²) in [6.45, 7) is 0.0650. The number of aromatic nitrogens is 1. The van der Waals surface area contributed by atoms with E-state index in [-0.39, 0.29) is 56.4 Å². The van der Waals surface area contributed by atoms with Gasteiger partial charge in [0.05, 0.1) is 24.2 Å². The average Bonchev–Trinajstić information content (AvgIpc) is 3.35. The van der Waals surface area contributed by atoms with Gasteiger partial charge in [-0.3, -0.25) is 4.79 Å². The number of anilines is 1. The van der Waals surface area contributed by atoms with Crippen LogP contribution in [0.25, 0.3) is 16.6 Å². The van der Waals surface area contributed by atoms with Gasteiger partial charge in [0.15, 0.2) is 5.94 Å². The van der Waals surface area contributed by atoms with Crippen molar-refractivity contribution in [2.24, 2.45) is 0 Å². The lowest BCUT2D eigenvalue weighted by Gasteiger charge is -2.29. The highest BCUT2D eigenvalue weighted by molar-refractivity contribution is 6.31. The van der Waals surface area contributed by atoms with Gasteiger partial charge in [-0.25, -0.2) is 18.6 Å². The fraction of sp³-hybridized carbons (Fsp3) is 0.118. The number of ether oxygens (including phenoxy) is 1. The van der Waals surface area contributed by atoms with Gasteiger partial charge in [0, 0.05) is 44.9 Å². The van der Waals surface area contributed by atoms with Crippen LogP contribution in [-0.4, -0.2) is 28.8 Å². The summed E-state index contributed by atoms with van der Waals surface area (Å²) >= 11 is 12.8. The highest BCUT2D eigenvalue weighted by atomic mass is 35.5. The molecular formula is C34H20Cl2F5N3O3. The molecular weight excluding hydrogens is 664 g/mol. The molecule has 4 aromatic carbocycles. The van der Waals surface area contributed by atoms with Crippen molar-refractivity contribution >= 4 is 57.3 Å². The lowest BCUT2D eigenvalue weighted by molar-refractivity contribution is -0.137. The molecule has 0 aliphatic carbocycles. The normalized spacial score (nSPS) is 14.3. The number of methoxy groups -OCH3 is 1. The molecule has 1 atom stereocenters. The minimum atomic E-state index is -4.92. The molecule has 0 saturated heterocycles. The Bertz CT molecular complexity index is 2120. The quantitative estimate of drug-likeness (QED) is 0.110. The summed E-state index contributed by atoms with van der Waals surface area (Å²) in [4.78, 5) is 32.3. The maximum absolute atomic E-state index is 14.8. The van der Waals surface area contributed by atoms with Gasteiger partial charge in [0.2, 0.25) is 0 Å². The van der Waals surface area contributed by atoms with Crippen LogP contribution < -0.4 is 10.1 Å². The van der Waals surface area contributed by atoms with E-state index >= 15 is 0 Å². The molecule has 0 saturated carbocycles. The molecule has 0 spiro atoms. The molecule has 1 aliphatic rings. The van der Waals surface area contributed by atoms with Crippen LogP contribution in [0.5, 0.6) is 5.75 Å². The van der Waals surface area contributed by atoms with Crippen LogP contribution in [0.4, 0.5) is 27.6 Å². The van der Waals surface area contributed by atoms with Crippen LogP contribution in [0.2, 0.25) is 10.2 Å². The maximum atomic E-state index is 14.8. The fourth-order valence-electron chi connectivity index (χ4n) is 5.67. The van der Waals surface area contributed by atoms with Crippen molar-refractivity contribution in [2.75, 3.05) is 12.4 Å². The average molecular weight is 684 g/mol. The number of halogens is 7. The Balaban J connectivity index is 1.59. The number of carbonyl (C=O) groups is 1. The number of pyridine rings is 1. The molecule has 47 heavy (non-hydrogen) atoms. The van der Waals surface area contributed by atoms with Crippen molar-refractivity contribution < 1.29 is 36.3 Å². The Kier molecular flexibility index (Phi) is 8.40. The van der Waals surface area contributed by atoms with Gasteiger partial charge in [0.25, 0.3) is 5.91 Å². The van der Waals surface area contributed by atoms with Gasteiger partial charge in [-0.05, 0) is 72.3 Å². The Labute approximate surface area is 274 Å². The van der Waals surface area contributed by atoms with Crippen LogP contribution >= 0.6 is 23.2 Å². The summed E-state index contributed by atoms with van der Waals surface area (Å²) in [5.74, 6) is -0.442. The molecule has 1 aliphatic heterocycles. The third-order valence-electron chi connectivity index (χ3n) is 7.71. The van der Waals surface area contributed by atoms with E-state index in [0.29, 0.717) is 28.8 Å². The van der Waals surface area contributed by atoms with Crippen LogP contribution in [0.1, 0.15) is 44.2 Å². The van der Waals surface area contributed by atoms with Gasteiger partial charge < -0.3 is 15.0 Å².